The number of amides is 1. The van der Waals surface area contributed by atoms with Gasteiger partial charge in [0.2, 0.25) is 16.0 Å². The van der Waals surface area contributed by atoms with Crippen molar-refractivity contribution in [1.29, 1.82) is 0 Å². The molecule has 0 aliphatic carbocycles. The fourth-order valence-corrected chi connectivity index (χ4v) is 5.47. The predicted molar refractivity (Wildman–Crippen MR) is 150 cm³/mol. The van der Waals surface area contributed by atoms with Crippen molar-refractivity contribution >= 4 is 33.2 Å². The van der Waals surface area contributed by atoms with E-state index < -0.39 is 0 Å². The molecule has 1 aliphatic heterocycles. The summed E-state index contributed by atoms with van der Waals surface area (Å²) >= 11 is 1.49. The summed E-state index contributed by atoms with van der Waals surface area (Å²) in [5, 5.41) is 12.3. The Morgan fingerprint density at radius 1 is 1.22 bits per heavy atom. The number of aryl methyl sites for hydroxylation is 1. The van der Waals surface area contributed by atoms with E-state index in [-0.39, 0.29) is 18.0 Å². The van der Waals surface area contributed by atoms with Crippen LogP contribution in [-0.4, -0.2) is 70.2 Å². The summed E-state index contributed by atoms with van der Waals surface area (Å²) in [7, 11) is 1.91. The number of imidazole rings is 1. The highest BCUT2D eigenvalue weighted by Gasteiger charge is 2.23. The van der Waals surface area contributed by atoms with E-state index in [4.69, 9.17) is 10.1 Å². The number of likely N-dealkylation sites (N-methyl/N-ethyl adjacent to an activating group) is 1. The second-order valence-corrected chi connectivity index (χ2v) is 12.0. The van der Waals surface area contributed by atoms with Crippen LogP contribution in [-0.2, 0) is 4.79 Å². The molecule has 0 saturated carbocycles. The van der Waals surface area contributed by atoms with Crippen molar-refractivity contribution in [2.24, 2.45) is 0 Å². The monoisotopic (exact) mass is 511 g/mol. The van der Waals surface area contributed by atoms with Gasteiger partial charge in [-0.3, -0.25) is 4.79 Å². The first kappa shape index (κ1) is 26.4. The molecule has 0 spiro atoms. The van der Waals surface area contributed by atoms with E-state index in [2.05, 4.69) is 74.4 Å². The van der Waals surface area contributed by atoms with E-state index in [1.807, 2.05) is 16.5 Å². The van der Waals surface area contributed by atoms with Crippen molar-refractivity contribution in [2.45, 2.75) is 71.9 Å². The highest BCUT2D eigenvalue weighted by Crippen LogP contribution is 2.34. The summed E-state index contributed by atoms with van der Waals surface area (Å²) < 4.78 is 1.87. The number of aromatic nitrogens is 3. The van der Waals surface area contributed by atoms with Crippen LogP contribution in [0.4, 0.5) is 10.9 Å². The number of fused-ring (bicyclic) bond motifs is 1. The first-order valence-corrected chi connectivity index (χ1v) is 13.9. The Kier molecular flexibility index (Phi) is 8.20. The average Bonchev–Trinajstić information content (AvgIpc) is 3.37. The summed E-state index contributed by atoms with van der Waals surface area (Å²) in [6.07, 6.45) is 4.89. The molecule has 1 aliphatic rings. The van der Waals surface area contributed by atoms with Crippen LogP contribution in [0.2, 0.25) is 0 Å². The zero-order valence-corrected chi connectivity index (χ0v) is 23.4. The molecule has 8 nitrogen and oxygen atoms in total. The highest BCUT2D eigenvalue weighted by molar-refractivity contribution is 7.20. The van der Waals surface area contributed by atoms with Gasteiger partial charge in [0.25, 0.3) is 0 Å². The lowest BCUT2D eigenvalue weighted by Gasteiger charge is -2.33. The van der Waals surface area contributed by atoms with E-state index in [0.29, 0.717) is 12.6 Å². The average molecular weight is 512 g/mol. The number of rotatable bonds is 9. The molecule has 0 bridgehead atoms. The number of carbonyl (C=O) groups excluding carboxylic acids is 1. The number of hydrogen-bond donors (Lipinski definition) is 2. The van der Waals surface area contributed by atoms with Crippen LogP contribution < -0.4 is 15.5 Å². The first-order valence-electron chi connectivity index (χ1n) is 13.1. The number of nitrogens with one attached hydrogen (secondary N) is 2. The molecule has 3 aromatic rings. The molecule has 36 heavy (non-hydrogen) atoms. The van der Waals surface area contributed by atoms with Gasteiger partial charge in [-0.1, -0.05) is 47.6 Å². The third kappa shape index (κ3) is 6.56. The fourth-order valence-electron chi connectivity index (χ4n) is 4.61. The number of carbonyl (C=O) groups is 1. The molecule has 196 valence electrons. The van der Waals surface area contributed by atoms with Crippen LogP contribution in [0.1, 0.15) is 58.9 Å². The smallest absolute Gasteiger partial charge is 0.239 e. The zero-order chi connectivity index (χ0) is 25.9. The van der Waals surface area contributed by atoms with Crippen LogP contribution in [0.5, 0.6) is 0 Å². The van der Waals surface area contributed by atoms with Gasteiger partial charge in [-0.05, 0) is 60.4 Å². The molecule has 3 heterocycles. The Morgan fingerprint density at radius 3 is 2.67 bits per heavy atom. The lowest BCUT2D eigenvalue weighted by Crippen LogP contribution is -2.40. The number of nitrogens with zero attached hydrogens (tertiary/aromatic N) is 5. The summed E-state index contributed by atoms with van der Waals surface area (Å²) in [6, 6.07) is 9.05. The third-order valence-electron chi connectivity index (χ3n) is 6.60. The first-order chi connectivity index (χ1) is 17.1. The molecule has 9 heteroatoms. The maximum Gasteiger partial charge on any atom is 0.239 e. The molecule has 1 aromatic carbocycles. The third-order valence-corrected chi connectivity index (χ3v) is 7.63. The SMILES string of the molecule is Cc1ccc(-c2nc3sc(N(C)CC(=O)NCCCN4CCCCC4C)nn3c2NC(C)(C)C)cc1. The Bertz CT molecular complexity index is 1160. The molecular weight excluding hydrogens is 470 g/mol. The Balaban J connectivity index is 1.40. The van der Waals surface area contributed by atoms with E-state index in [0.717, 1.165) is 40.1 Å². The van der Waals surface area contributed by atoms with Gasteiger partial charge < -0.3 is 20.4 Å². The maximum atomic E-state index is 12.6. The van der Waals surface area contributed by atoms with Crippen LogP contribution in [0.3, 0.4) is 0 Å². The molecule has 1 atom stereocenters. The molecule has 1 amide bonds. The standard InChI is InChI=1S/C27H41N7OS/c1-19-11-13-21(14-12-19)23-24(30-27(3,4)5)34-25(29-23)36-26(31-34)32(6)18-22(35)28-15-9-17-33-16-8-7-10-20(33)2/h11-14,20,30H,7-10,15-18H2,1-6H3,(H,28,35). The number of piperidine rings is 1. The zero-order valence-electron chi connectivity index (χ0n) is 22.6. The molecule has 2 aromatic heterocycles. The largest absolute Gasteiger partial charge is 0.364 e. The topological polar surface area (TPSA) is 77.8 Å². The van der Waals surface area contributed by atoms with E-state index in [1.54, 1.807) is 0 Å². The van der Waals surface area contributed by atoms with E-state index >= 15 is 0 Å². The lowest BCUT2D eigenvalue weighted by molar-refractivity contribution is -0.119. The van der Waals surface area contributed by atoms with E-state index in [9.17, 15) is 4.79 Å². The fraction of sp³-hybridized carbons (Fsp3) is 0.593. The number of benzene rings is 1. The normalized spacial score (nSPS) is 16.9. The second kappa shape index (κ2) is 11.2. The molecule has 1 unspecified atom stereocenters. The minimum Gasteiger partial charge on any atom is -0.364 e. The van der Waals surface area contributed by atoms with Crippen molar-refractivity contribution in [3.63, 3.8) is 0 Å². The molecule has 2 N–H and O–H groups in total. The second-order valence-electron chi connectivity index (χ2n) is 11.1. The molecule has 4 rings (SSSR count). The van der Waals surface area contributed by atoms with Crippen molar-refractivity contribution in [3.8, 4) is 11.3 Å². The van der Waals surface area contributed by atoms with Gasteiger partial charge in [-0.25, -0.2) is 4.98 Å². The van der Waals surface area contributed by atoms with Crippen LogP contribution in [0, 0.1) is 6.92 Å². The van der Waals surface area contributed by atoms with Gasteiger partial charge in [-0.2, -0.15) is 4.52 Å². The van der Waals surface area contributed by atoms with Gasteiger partial charge >= 0.3 is 0 Å². The minimum atomic E-state index is -0.156. The minimum absolute atomic E-state index is 0.0189. The number of anilines is 2. The summed E-state index contributed by atoms with van der Waals surface area (Å²) in [5.74, 6) is 0.888. The predicted octanol–water partition coefficient (Wildman–Crippen LogP) is 4.79. The lowest BCUT2D eigenvalue weighted by atomic mass is 10.0. The molecular formula is C27H41N7OS. The van der Waals surface area contributed by atoms with Gasteiger partial charge in [0.15, 0.2) is 5.82 Å². The molecule has 0 radical (unpaired) electrons. The van der Waals surface area contributed by atoms with Crippen molar-refractivity contribution < 1.29 is 4.79 Å². The quantitative estimate of drug-likeness (QED) is 0.402. The van der Waals surface area contributed by atoms with E-state index in [1.165, 1.54) is 42.7 Å². The summed E-state index contributed by atoms with van der Waals surface area (Å²) in [4.78, 5) is 22.7. The maximum absolute atomic E-state index is 12.6. The van der Waals surface area contributed by atoms with Gasteiger partial charge in [0.1, 0.15) is 5.69 Å². The Hall–Kier alpha value is -2.65. The Morgan fingerprint density at radius 2 is 1.97 bits per heavy atom. The van der Waals surface area contributed by atoms with Gasteiger partial charge in [-0.15, -0.1) is 5.10 Å². The van der Waals surface area contributed by atoms with Gasteiger partial charge in [0, 0.05) is 37.3 Å². The van der Waals surface area contributed by atoms with Crippen molar-refractivity contribution in [3.05, 3.63) is 29.8 Å². The summed E-state index contributed by atoms with van der Waals surface area (Å²) in [5.41, 5.74) is 3.00. The van der Waals surface area contributed by atoms with Crippen molar-refractivity contribution in [2.75, 3.05) is 43.4 Å². The highest BCUT2D eigenvalue weighted by atomic mass is 32.1. The van der Waals surface area contributed by atoms with Crippen LogP contribution in [0.15, 0.2) is 24.3 Å². The Labute approximate surface area is 219 Å². The molecule has 1 fully saturated rings. The van der Waals surface area contributed by atoms with Gasteiger partial charge in [0.05, 0.1) is 6.54 Å². The molecule has 1 saturated heterocycles. The summed E-state index contributed by atoms with van der Waals surface area (Å²) in [6.45, 7) is 14.0. The number of likely N-dealkylation sites (tertiary alicyclic amines) is 1. The van der Waals surface area contributed by atoms with Crippen molar-refractivity contribution in [1.82, 2.24) is 24.8 Å². The van der Waals surface area contributed by atoms with Crippen LogP contribution >= 0.6 is 11.3 Å². The van der Waals surface area contributed by atoms with Crippen LogP contribution in [0.25, 0.3) is 16.2 Å². The number of hydrogen-bond acceptors (Lipinski definition) is 7.